The van der Waals surface area contributed by atoms with Crippen LogP contribution >= 0.6 is 0 Å². The van der Waals surface area contributed by atoms with Crippen LogP contribution in [0.4, 0.5) is 8.78 Å². The van der Waals surface area contributed by atoms with Gasteiger partial charge in [0.2, 0.25) is 0 Å². The molecule has 7 rings (SSSR count). The van der Waals surface area contributed by atoms with Gasteiger partial charge in [-0.2, -0.15) is 10.2 Å². The molecule has 0 saturated heterocycles. The van der Waals surface area contributed by atoms with E-state index in [1.54, 1.807) is 49.1 Å². The van der Waals surface area contributed by atoms with Crippen molar-refractivity contribution in [1.29, 1.82) is 0 Å². The topological polar surface area (TPSA) is 74.6 Å². The molecule has 206 valence electrons. The number of imidazole rings is 1. The molecular weight excluding hydrogens is 512 g/mol. The number of hydrogen-bond acceptors (Lipinski definition) is 4. The normalized spacial score (nSPS) is 18.4. The molecule has 0 amide bonds. The Morgan fingerprint density at radius 1 is 1.02 bits per heavy atom. The van der Waals surface area contributed by atoms with E-state index in [1.807, 2.05) is 17.7 Å². The van der Waals surface area contributed by atoms with Gasteiger partial charge in [0.1, 0.15) is 11.6 Å². The van der Waals surface area contributed by atoms with Gasteiger partial charge in [-0.15, -0.1) is 0 Å². The van der Waals surface area contributed by atoms with E-state index < -0.39 is 11.5 Å². The third-order valence-corrected chi connectivity index (χ3v) is 8.34. The third kappa shape index (κ3) is 3.55. The highest BCUT2D eigenvalue weighted by atomic mass is 19.1. The van der Waals surface area contributed by atoms with Crippen molar-refractivity contribution < 1.29 is 8.78 Å². The van der Waals surface area contributed by atoms with Gasteiger partial charge in [0, 0.05) is 36.0 Å². The average molecular weight is 544 g/mol. The van der Waals surface area contributed by atoms with Crippen molar-refractivity contribution in [2.24, 2.45) is 0 Å². The molecule has 8 nitrogen and oxygen atoms in total. The third-order valence-electron chi connectivity index (χ3n) is 8.34. The lowest BCUT2D eigenvalue weighted by atomic mass is 9.81. The summed E-state index contributed by atoms with van der Waals surface area (Å²) in [6, 6.07) is 7.16. The number of fused-ring (bicyclic) bond motifs is 2. The van der Waals surface area contributed by atoms with Crippen LogP contribution in [-0.4, -0.2) is 35.2 Å². The summed E-state index contributed by atoms with van der Waals surface area (Å²) in [6.07, 6.45) is 6.84. The minimum absolute atomic E-state index is 0.0917. The van der Waals surface area contributed by atoms with Gasteiger partial charge in [0.15, 0.2) is 5.82 Å². The molecule has 1 saturated carbocycles. The molecule has 2 aromatic carbocycles. The van der Waals surface area contributed by atoms with Crippen molar-refractivity contribution in [3.8, 4) is 17.2 Å². The Hall–Kier alpha value is -4.05. The average Bonchev–Trinajstić information content (AvgIpc) is 3.35. The van der Waals surface area contributed by atoms with E-state index in [4.69, 9.17) is 5.10 Å². The van der Waals surface area contributed by atoms with E-state index in [0.717, 1.165) is 36.2 Å². The predicted molar refractivity (Wildman–Crippen MR) is 149 cm³/mol. The summed E-state index contributed by atoms with van der Waals surface area (Å²) < 4.78 is 36.8. The molecule has 0 bridgehead atoms. The van der Waals surface area contributed by atoms with E-state index in [9.17, 15) is 9.18 Å². The Kier molecular flexibility index (Phi) is 5.29. The van der Waals surface area contributed by atoms with Gasteiger partial charge in [-0.1, -0.05) is 13.8 Å². The number of benzene rings is 2. The van der Waals surface area contributed by atoms with Crippen molar-refractivity contribution in [2.75, 3.05) is 6.54 Å². The standard InChI is InChI=1S/C30H31F2N7O/c1-16-12-20(13-17(2)25(16)31)39-28(24-18(3)33-15-30(4,5)27(24)35-39)37-11-10-36(29(37)40)23-9-8-22-21(26(23)32)14-34-38(22)19-6-7-19/h8-14,18-19,33H,6-7,15H2,1-5H3/t18-/m0/s1. The van der Waals surface area contributed by atoms with Crippen LogP contribution in [0.2, 0.25) is 0 Å². The highest BCUT2D eigenvalue weighted by molar-refractivity contribution is 5.82. The second-order valence-corrected chi connectivity index (χ2v) is 11.9. The Bertz CT molecular complexity index is 1860. The van der Waals surface area contributed by atoms with Crippen molar-refractivity contribution in [2.45, 2.75) is 65.0 Å². The molecule has 40 heavy (non-hydrogen) atoms. The molecule has 3 aromatic heterocycles. The first-order valence-electron chi connectivity index (χ1n) is 13.7. The number of halogens is 2. The molecule has 2 aliphatic rings. The largest absolute Gasteiger partial charge is 0.338 e. The number of aryl methyl sites for hydroxylation is 2. The van der Waals surface area contributed by atoms with Crippen LogP contribution in [0.5, 0.6) is 0 Å². The molecular formula is C30H31F2N7O. The zero-order valence-corrected chi connectivity index (χ0v) is 23.2. The number of nitrogens with zero attached hydrogens (tertiary/aromatic N) is 6. The highest BCUT2D eigenvalue weighted by Crippen LogP contribution is 2.39. The zero-order valence-electron chi connectivity index (χ0n) is 23.2. The molecule has 5 aromatic rings. The fraction of sp³-hybridized carbons (Fsp3) is 0.367. The summed E-state index contributed by atoms with van der Waals surface area (Å²) in [4.78, 5) is 14.0. The Labute approximate surface area is 229 Å². The van der Waals surface area contributed by atoms with Crippen LogP contribution < -0.4 is 11.0 Å². The van der Waals surface area contributed by atoms with Gasteiger partial charge in [0.05, 0.1) is 40.2 Å². The summed E-state index contributed by atoms with van der Waals surface area (Å²) >= 11 is 0. The van der Waals surface area contributed by atoms with E-state index >= 15 is 4.39 Å². The molecule has 1 aliphatic carbocycles. The maximum Gasteiger partial charge on any atom is 0.338 e. The Balaban J connectivity index is 1.45. The van der Waals surface area contributed by atoms with Crippen molar-refractivity contribution in [1.82, 2.24) is 34.0 Å². The molecule has 10 heteroatoms. The van der Waals surface area contributed by atoms with Crippen LogP contribution in [0, 0.1) is 25.5 Å². The first kappa shape index (κ1) is 25.0. The smallest absolute Gasteiger partial charge is 0.309 e. The maximum atomic E-state index is 15.8. The number of nitrogens with one attached hydrogen (secondary N) is 1. The quantitative estimate of drug-likeness (QED) is 0.332. The first-order valence-corrected chi connectivity index (χ1v) is 13.7. The van der Waals surface area contributed by atoms with Crippen LogP contribution in [0.3, 0.4) is 0 Å². The SMILES string of the molecule is Cc1cc(-n2nc3c(c2-n2ccn(-c4ccc5c(cnn5C5CC5)c4F)c2=O)[C@H](C)NCC3(C)C)cc(C)c1F. The van der Waals surface area contributed by atoms with Crippen LogP contribution in [-0.2, 0) is 5.41 Å². The summed E-state index contributed by atoms with van der Waals surface area (Å²) in [7, 11) is 0. The predicted octanol–water partition coefficient (Wildman–Crippen LogP) is 5.34. The lowest BCUT2D eigenvalue weighted by Gasteiger charge is -2.33. The van der Waals surface area contributed by atoms with Gasteiger partial charge < -0.3 is 5.32 Å². The summed E-state index contributed by atoms with van der Waals surface area (Å²) in [6.45, 7) is 10.4. The summed E-state index contributed by atoms with van der Waals surface area (Å²) in [5, 5.41) is 13.3. The van der Waals surface area contributed by atoms with E-state index in [0.29, 0.717) is 34.1 Å². The minimum Gasteiger partial charge on any atom is -0.309 e. The second-order valence-electron chi connectivity index (χ2n) is 11.9. The van der Waals surface area contributed by atoms with Gasteiger partial charge in [-0.3, -0.25) is 13.8 Å². The summed E-state index contributed by atoms with van der Waals surface area (Å²) in [5.41, 5.74) is 3.55. The molecule has 4 heterocycles. The molecule has 0 unspecified atom stereocenters. The Morgan fingerprint density at radius 3 is 2.42 bits per heavy atom. The fourth-order valence-corrected chi connectivity index (χ4v) is 5.96. The van der Waals surface area contributed by atoms with Crippen LogP contribution in [0.15, 0.2) is 47.7 Å². The van der Waals surface area contributed by atoms with E-state index in [2.05, 4.69) is 24.3 Å². The molecule has 0 spiro atoms. The van der Waals surface area contributed by atoms with Gasteiger partial charge in [-0.05, 0) is 69.0 Å². The van der Waals surface area contributed by atoms with Gasteiger partial charge >= 0.3 is 5.69 Å². The maximum absolute atomic E-state index is 15.8. The van der Waals surface area contributed by atoms with Crippen molar-refractivity contribution in [3.05, 3.63) is 87.4 Å². The molecule has 1 atom stereocenters. The van der Waals surface area contributed by atoms with Gasteiger partial charge in [-0.25, -0.2) is 18.3 Å². The van der Waals surface area contributed by atoms with Crippen LogP contribution in [0.25, 0.3) is 28.1 Å². The molecule has 0 radical (unpaired) electrons. The number of aromatic nitrogens is 6. The number of rotatable bonds is 4. The summed E-state index contributed by atoms with van der Waals surface area (Å²) in [5.74, 6) is -0.197. The fourth-order valence-electron chi connectivity index (χ4n) is 5.96. The lowest BCUT2D eigenvalue weighted by Crippen LogP contribution is -2.41. The lowest BCUT2D eigenvalue weighted by molar-refractivity contribution is 0.386. The van der Waals surface area contributed by atoms with E-state index in [-0.39, 0.29) is 23.0 Å². The van der Waals surface area contributed by atoms with Crippen molar-refractivity contribution >= 4 is 10.9 Å². The van der Waals surface area contributed by atoms with Gasteiger partial charge in [0.25, 0.3) is 0 Å². The highest BCUT2D eigenvalue weighted by Gasteiger charge is 2.38. The van der Waals surface area contributed by atoms with Crippen molar-refractivity contribution in [3.63, 3.8) is 0 Å². The van der Waals surface area contributed by atoms with E-state index in [1.165, 1.54) is 15.3 Å². The second kappa shape index (κ2) is 8.47. The number of hydrogen-bond donors (Lipinski definition) is 1. The monoisotopic (exact) mass is 543 g/mol. The Morgan fingerprint density at radius 2 is 1.73 bits per heavy atom. The van der Waals surface area contributed by atoms with Crippen LogP contribution in [0.1, 0.15) is 68.1 Å². The molecule has 1 aliphatic heterocycles. The minimum atomic E-state index is -0.485. The molecule has 1 N–H and O–H groups in total. The molecule has 1 fully saturated rings. The first-order chi connectivity index (χ1) is 19.1. The zero-order chi connectivity index (χ0) is 28.1.